The smallest absolute Gasteiger partial charge is 0.359 e. The summed E-state index contributed by atoms with van der Waals surface area (Å²) in [7, 11) is 0. The van der Waals surface area contributed by atoms with E-state index in [-0.39, 0.29) is 12.3 Å². The van der Waals surface area contributed by atoms with Gasteiger partial charge < -0.3 is 14.8 Å². The van der Waals surface area contributed by atoms with Gasteiger partial charge in [0.05, 0.1) is 29.4 Å². The van der Waals surface area contributed by atoms with Crippen molar-refractivity contribution >= 4 is 45.2 Å². The van der Waals surface area contributed by atoms with Gasteiger partial charge in [-0.25, -0.2) is 14.6 Å². The maximum atomic E-state index is 12.8. The fraction of sp³-hybridized carbons (Fsp3) is 0.192. The molecule has 0 spiro atoms. The highest BCUT2D eigenvalue weighted by Gasteiger charge is 2.29. The van der Waals surface area contributed by atoms with Crippen molar-refractivity contribution in [2.24, 2.45) is 0 Å². The molecule has 0 radical (unpaired) electrons. The summed E-state index contributed by atoms with van der Waals surface area (Å²) in [6.07, 6.45) is 2.78. The molecule has 0 saturated heterocycles. The minimum absolute atomic E-state index is 0.00640. The molecule has 0 atom stereocenters. The third-order valence-corrected chi connectivity index (χ3v) is 6.82. The predicted octanol–water partition coefficient (Wildman–Crippen LogP) is 4.43. The van der Waals surface area contributed by atoms with Crippen molar-refractivity contribution in [3.63, 3.8) is 0 Å². The molecule has 1 N–H and O–H groups in total. The summed E-state index contributed by atoms with van der Waals surface area (Å²) in [6.45, 7) is 1.42. The first-order valence-corrected chi connectivity index (χ1v) is 12.0. The molecule has 0 unspecified atom stereocenters. The van der Waals surface area contributed by atoms with Gasteiger partial charge in [-0.1, -0.05) is 36.4 Å². The molecule has 2 aromatic carbocycles. The Morgan fingerprint density at radius 2 is 1.74 bits per heavy atom. The van der Waals surface area contributed by atoms with Gasteiger partial charge in [0.15, 0.2) is 12.3 Å². The number of thiophene rings is 1. The Morgan fingerprint density at radius 3 is 2.57 bits per heavy atom. The zero-order chi connectivity index (χ0) is 24.4. The number of carbonyl (C=O) groups is 3. The number of esters is 2. The van der Waals surface area contributed by atoms with Crippen molar-refractivity contribution in [3.05, 3.63) is 77.1 Å². The lowest BCUT2D eigenvalue weighted by molar-refractivity contribution is -0.119. The molecular weight excluding hydrogens is 466 g/mol. The molecule has 0 fully saturated rings. The van der Waals surface area contributed by atoms with Gasteiger partial charge in [-0.15, -0.1) is 11.3 Å². The average Bonchev–Trinajstić information content (AvgIpc) is 3.25. The van der Waals surface area contributed by atoms with E-state index in [2.05, 4.69) is 21.4 Å². The van der Waals surface area contributed by atoms with Crippen molar-refractivity contribution in [2.75, 3.05) is 18.5 Å². The van der Waals surface area contributed by atoms with E-state index in [1.54, 1.807) is 25.1 Å². The summed E-state index contributed by atoms with van der Waals surface area (Å²) in [5.74, 6) is -1.81. The minimum atomic E-state index is -0.761. The van der Waals surface area contributed by atoms with Crippen LogP contribution < -0.4 is 5.32 Å². The lowest BCUT2D eigenvalue weighted by Gasteiger charge is -2.16. The summed E-state index contributed by atoms with van der Waals surface area (Å²) in [5.41, 5.74) is 4.68. The fourth-order valence-electron chi connectivity index (χ4n) is 4.07. The topological polar surface area (TPSA) is 107 Å². The highest BCUT2D eigenvalue weighted by Crippen LogP contribution is 2.45. The van der Waals surface area contributed by atoms with Crippen LogP contribution >= 0.6 is 11.3 Å². The monoisotopic (exact) mass is 487 g/mol. The number of hydrogen-bond acceptors (Lipinski definition) is 8. The lowest BCUT2D eigenvalue weighted by Crippen LogP contribution is -2.22. The molecule has 4 aromatic rings. The van der Waals surface area contributed by atoms with E-state index in [1.807, 2.05) is 24.3 Å². The van der Waals surface area contributed by atoms with Crippen LogP contribution in [0.5, 0.6) is 0 Å². The van der Waals surface area contributed by atoms with Gasteiger partial charge >= 0.3 is 11.9 Å². The van der Waals surface area contributed by atoms with Crippen LogP contribution in [0.3, 0.4) is 0 Å². The summed E-state index contributed by atoms with van der Waals surface area (Å²) >= 11 is 1.32. The first-order chi connectivity index (χ1) is 17.0. The average molecular weight is 488 g/mol. The van der Waals surface area contributed by atoms with Crippen LogP contribution in [0.2, 0.25) is 0 Å². The number of fused-ring (bicyclic) bond motifs is 4. The van der Waals surface area contributed by atoms with E-state index >= 15 is 0 Å². The van der Waals surface area contributed by atoms with Gasteiger partial charge in [-0.2, -0.15) is 0 Å². The van der Waals surface area contributed by atoms with Crippen LogP contribution in [0.4, 0.5) is 5.00 Å². The minimum Gasteiger partial charge on any atom is -0.462 e. The maximum absolute atomic E-state index is 12.8. The molecule has 0 aliphatic heterocycles. The Kier molecular flexibility index (Phi) is 6.24. The van der Waals surface area contributed by atoms with Gasteiger partial charge in [0.25, 0.3) is 5.91 Å². The molecule has 0 saturated carbocycles. The van der Waals surface area contributed by atoms with Gasteiger partial charge in [0, 0.05) is 4.88 Å². The third-order valence-electron chi connectivity index (χ3n) is 5.64. The second-order valence-electron chi connectivity index (χ2n) is 7.86. The SMILES string of the molecule is CCOC(=O)c1c(NC(=O)COC(=O)c2cnc3ccccc3n2)sc2c1CCc1ccccc1-2. The van der Waals surface area contributed by atoms with Crippen molar-refractivity contribution in [1.82, 2.24) is 9.97 Å². The molecule has 8 nitrogen and oxygen atoms in total. The second-order valence-corrected chi connectivity index (χ2v) is 8.88. The summed E-state index contributed by atoms with van der Waals surface area (Å²) in [5, 5.41) is 3.13. The Morgan fingerprint density at radius 1 is 0.971 bits per heavy atom. The molecule has 1 amide bonds. The number of carbonyl (C=O) groups excluding carboxylic acids is 3. The lowest BCUT2D eigenvalue weighted by atomic mass is 9.89. The van der Waals surface area contributed by atoms with Crippen LogP contribution in [0.1, 0.15) is 38.9 Å². The molecule has 1 aliphatic carbocycles. The van der Waals surface area contributed by atoms with Crippen LogP contribution in [-0.2, 0) is 27.1 Å². The molecular formula is C26H21N3O5S. The maximum Gasteiger partial charge on any atom is 0.359 e. The first kappa shape index (κ1) is 22.7. The van der Waals surface area contributed by atoms with E-state index < -0.39 is 24.5 Å². The van der Waals surface area contributed by atoms with Gasteiger partial charge in [0.2, 0.25) is 0 Å². The molecule has 2 heterocycles. The number of benzene rings is 2. The summed E-state index contributed by atoms with van der Waals surface area (Å²) in [4.78, 5) is 47.2. The predicted molar refractivity (Wildman–Crippen MR) is 132 cm³/mol. The zero-order valence-corrected chi connectivity index (χ0v) is 19.7. The number of ether oxygens (including phenoxy) is 2. The highest BCUT2D eigenvalue weighted by atomic mass is 32.1. The Bertz CT molecular complexity index is 1460. The van der Waals surface area contributed by atoms with Crippen molar-refractivity contribution in [2.45, 2.75) is 19.8 Å². The standard InChI is InChI=1S/C26H21N3O5S/c1-2-33-26(32)22-17-12-11-15-7-3-4-8-16(15)23(17)35-24(22)29-21(30)14-34-25(31)20-13-27-18-9-5-6-10-19(18)28-20/h3-10,13H,2,11-12,14H2,1H3,(H,29,30). The quantitative estimate of drug-likeness (QED) is 0.401. The van der Waals surface area contributed by atoms with E-state index in [4.69, 9.17) is 9.47 Å². The highest BCUT2D eigenvalue weighted by molar-refractivity contribution is 7.20. The number of nitrogens with one attached hydrogen (secondary N) is 1. The number of rotatable bonds is 6. The number of aromatic nitrogens is 2. The van der Waals surface area contributed by atoms with Crippen molar-refractivity contribution in [3.8, 4) is 10.4 Å². The first-order valence-electron chi connectivity index (χ1n) is 11.1. The molecule has 9 heteroatoms. The molecule has 1 aliphatic rings. The normalized spacial score (nSPS) is 11.9. The van der Waals surface area contributed by atoms with E-state index in [1.165, 1.54) is 23.1 Å². The molecule has 176 valence electrons. The number of nitrogens with zero attached hydrogens (tertiary/aromatic N) is 2. The van der Waals surface area contributed by atoms with E-state index in [0.717, 1.165) is 22.4 Å². The third kappa shape index (κ3) is 4.50. The van der Waals surface area contributed by atoms with Crippen molar-refractivity contribution in [1.29, 1.82) is 0 Å². The summed E-state index contributed by atoms with van der Waals surface area (Å²) in [6, 6.07) is 15.1. The Hall–Kier alpha value is -4.11. The van der Waals surface area contributed by atoms with Crippen LogP contribution in [0, 0.1) is 0 Å². The van der Waals surface area contributed by atoms with Crippen LogP contribution in [-0.4, -0.2) is 41.0 Å². The number of amides is 1. The number of hydrogen-bond donors (Lipinski definition) is 1. The number of aryl methyl sites for hydroxylation is 1. The number of anilines is 1. The zero-order valence-electron chi connectivity index (χ0n) is 18.9. The van der Waals surface area contributed by atoms with E-state index in [9.17, 15) is 14.4 Å². The Balaban J connectivity index is 1.34. The molecule has 35 heavy (non-hydrogen) atoms. The van der Waals surface area contributed by atoms with Crippen LogP contribution in [0.15, 0.2) is 54.7 Å². The Labute approximate surface area is 204 Å². The fourth-order valence-corrected chi connectivity index (χ4v) is 5.39. The molecule has 2 aromatic heterocycles. The van der Waals surface area contributed by atoms with Crippen molar-refractivity contribution < 1.29 is 23.9 Å². The van der Waals surface area contributed by atoms with Gasteiger partial charge in [-0.05, 0) is 48.6 Å². The number of para-hydroxylation sites is 2. The second kappa shape index (κ2) is 9.63. The van der Waals surface area contributed by atoms with Gasteiger partial charge in [0.1, 0.15) is 5.00 Å². The van der Waals surface area contributed by atoms with E-state index in [0.29, 0.717) is 28.0 Å². The largest absolute Gasteiger partial charge is 0.462 e. The summed E-state index contributed by atoms with van der Waals surface area (Å²) < 4.78 is 10.4. The molecule has 5 rings (SSSR count). The van der Waals surface area contributed by atoms with Gasteiger partial charge in [-0.3, -0.25) is 9.78 Å². The molecule has 0 bridgehead atoms. The van der Waals surface area contributed by atoms with Crippen LogP contribution in [0.25, 0.3) is 21.5 Å².